The molecule has 0 fully saturated rings. The summed E-state index contributed by atoms with van der Waals surface area (Å²) in [5, 5.41) is 15.3. The minimum atomic E-state index is -0.478. The third-order valence-corrected chi connectivity index (χ3v) is 3.57. The van der Waals surface area contributed by atoms with Gasteiger partial charge < -0.3 is 5.32 Å². The van der Waals surface area contributed by atoms with Crippen LogP contribution in [0.2, 0.25) is 15.1 Å². The van der Waals surface area contributed by atoms with Crippen LogP contribution in [-0.4, -0.2) is 4.92 Å². The van der Waals surface area contributed by atoms with E-state index in [1.54, 1.807) is 18.2 Å². The van der Waals surface area contributed by atoms with Gasteiger partial charge in [-0.15, -0.1) is 0 Å². The highest BCUT2D eigenvalue weighted by Crippen LogP contribution is 2.28. The molecule has 0 heterocycles. The Morgan fingerprint density at radius 1 is 1.05 bits per heavy atom. The summed E-state index contributed by atoms with van der Waals surface area (Å²) in [6.45, 7) is 0.361. The van der Waals surface area contributed by atoms with Crippen molar-refractivity contribution >= 4 is 46.2 Å². The molecule has 0 radical (unpaired) electrons. The lowest BCUT2D eigenvalue weighted by Crippen LogP contribution is -2.01. The molecule has 20 heavy (non-hydrogen) atoms. The monoisotopic (exact) mass is 330 g/mol. The molecule has 0 aromatic heterocycles. The van der Waals surface area contributed by atoms with Crippen LogP contribution in [0.5, 0.6) is 0 Å². The van der Waals surface area contributed by atoms with Crippen molar-refractivity contribution in [2.75, 3.05) is 5.32 Å². The Morgan fingerprint density at radius 3 is 2.45 bits per heavy atom. The average molecular weight is 332 g/mol. The van der Waals surface area contributed by atoms with Gasteiger partial charge >= 0.3 is 0 Å². The molecule has 0 saturated carbocycles. The third kappa shape index (κ3) is 3.54. The lowest BCUT2D eigenvalue weighted by molar-refractivity contribution is -0.384. The second-order valence-electron chi connectivity index (χ2n) is 4.01. The van der Waals surface area contributed by atoms with Crippen molar-refractivity contribution in [2.24, 2.45) is 0 Å². The summed E-state index contributed by atoms with van der Waals surface area (Å²) in [4.78, 5) is 10.3. The molecule has 0 amide bonds. The second-order valence-corrected chi connectivity index (χ2v) is 5.26. The van der Waals surface area contributed by atoms with Crippen LogP contribution in [0.15, 0.2) is 36.4 Å². The highest BCUT2D eigenvalue weighted by molar-refractivity contribution is 6.34. The molecule has 0 saturated heterocycles. The molecule has 0 spiro atoms. The van der Waals surface area contributed by atoms with E-state index >= 15 is 0 Å². The highest BCUT2D eigenvalue weighted by atomic mass is 35.5. The molecule has 0 unspecified atom stereocenters. The van der Waals surface area contributed by atoms with Gasteiger partial charge in [0.1, 0.15) is 0 Å². The molecule has 0 aliphatic heterocycles. The van der Waals surface area contributed by atoms with Crippen molar-refractivity contribution in [3.63, 3.8) is 0 Å². The van der Waals surface area contributed by atoms with Crippen molar-refractivity contribution in [3.05, 3.63) is 67.1 Å². The molecule has 0 bridgehead atoms. The van der Waals surface area contributed by atoms with E-state index < -0.39 is 4.92 Å². The fraction of sp³-hybridized carbons (Fsp3) is 0.0769. The van der Waals surface area contributed by atoms with Crippen LogP contribution in [0, 0.1) is 10.1 Å². The number of nitrogens with zero attached hydrogens (tertiary/aromatic N) is 1. The van der Waals surface area contributed by atoms with E-state index in [9.17, 15) is 10.1 Å². The molecule has 2 rings (SSSR count). The zero-order valence-electron chi connectivity index (χ0n) is 10.1. The summed E-state index contributed by atoms with van der Waals surface area (Å²) >= 11 is 17.9. The maximum absolute atomic E-state index is 10.7. The minimum absolute atomic E-state index is 0.0332. The summed E-state index contributed by atoms with van der Waals surface area (Å²) < 4.78 is 0. The molecule has 104 valence electrons. The molecule has 0 aliphatic rings. The topological polar surface area (TPSA) is 55.2 Å². The number of halogens is 3. The van der Waals surface area contributed by atoms with E-state index in [1.165, 1.54) is 18.2 Å². The molecule has 7 heteroatoms. The van der Waals surface area contributed by atoms with Gasteiger partial charge in [0.15, 0.2) is 0 Å². The fourth-order valence-electron chi connectivity index (χ4n) is 1.63. The van der Waals surface area contributed by atoms with Crippen LogP contribution in [0.3, 0.4) is 0 Å². The Labute approximate surface area is 130 Å². The summed E-state index contributed by atoms with van der Waals surface area (Å²) in [6, 6.07) is 9.30. The maximum Gasteiger partial charge on any atom is 0.271 e. The van der Waals surface area contributed by atoms with Gasteiger partial charge in [-0.1, -0.05) is 34.8 Å². The zero-order valence-corrected chi connectivity index (χ0v) is 12.3. The van der Waals surface area contributed by atoms with Gasteiger partial charge in [0.2, 0.25) is 0 Å². The third-order valence-electron chi connectivity index (χ3n) is 2.64. The van der Waals surface area contributed by atoms with E-state index in [0.717, 1.165) is 5.56 Å². The largest absolute Gasteiger partial charge is 0.380 e. The normalized spacial score (nSPS) is 10.3. The Bertz CT molecular complexity index is 662. The van der Waals surface area contributed by atoms with Crippen LogP contribution < -0.4 is 5.32 Å². The van der Waals surface area contributed by atoms with Gasteiger partial charge in [-0.3, -0.25) is 10.1 Å². The Morgan fingerprint density at radius 2 is 1.75 bits per heavy atom. The van der Waals surface area contributed by atoms with Crippen LogP contribution in [0.4, 0.5) is 11.4 Å². The van der Waals surface area contributed by atoms with Crippen LogP contribution in [0.1, 0.15) is 5.56 Å². The van der Waals surface area contributed by atoms with Crippen molar-refractivity contribution in [3.8, 4) is 0 Å². The van der Waals surface area contributed by atoms with Crippen molar-refractivity contribution < 1.29 is 4.92 Å². The first kappa shape index (κ1) is 14.9. The average Bonchev–Trinajstić information content (AvgIpc) is 2.41. The van der Waals surface area contributed by atoms with Gasteiger partial charge in [-0.25, -0.2) is 0 Å². The van der Waals surface area contributed by atoms with Crippen molar-refractivity contribution in [2.45, 2.75) is 6.54 Å². The molecule has 1 N–H and O–H groups in total. The first-order valence-electron chi connectivity index (χ1n) is 5.59. The van der Waals surface area contributed by atoms with Crippen molar-refractivity contribution in [1.82, 2.24) is 0 Å². The Balaban J connectivity index is 2.20. The molecule has 2 aromatic carbocycles. The smallest absolute Gasteiger partial charge is 0.271 e. The number of non-ortho nitro benzene ring substituents is 1. The van der Waals surface area contributed by atoms with Gasteiger partial charge in [-0.05, 0) is 29.8 Å². The lowest BCUT2D eigenvalue weighted by atomic mass is 10.2. The summed E-state index contributed by atoms with van der Waals surface area (Å²) in [5.74, 6) is 0. The summed E-state index contributed by atoms with van der Waals surface area (Å²) in [6.07, 6.45) is 0. The molecule has 0 aliphatic carbocycles. The number of nitro benzene ring substituents is 1. The number of nitrogens with one attached hydrogen (secondary N) is 1. The first-order valence-corrected chi connectivity index (χ1v) is 6.72. The van der Waals surface area contributed by atoms with Gasteiger partial charge in [0.25, 0.3) is 5.69 Å². The number of benzene rings is 2. The van der Waals surface area contributed by atoms with Crippen molar-refractivity contribution in [1.29, 1.82) is 0 Å². The predicted octanol–water partition coefficient (Wildman–Crippen LogP) is 5.17. The Hall–Kier alpha value is -1.49. The van der Waals surface area contributed by atoms with E-state index in [-0.39, 0.29) is 5.69 Å². The Kier molecular flexibility index (Phi) is 4.70. The molecular formula is C13H9Cl3N2O2. The molecule has 4 nitrogen and oxygen atoms in total. The van der Waals surface area contributed by atoms with E-state index in [0.29, 0.717) is 27.3 Å². The minimum Gasteiger partial charge on any atom is -0.380 e. The molecular weight excluding hydrogens is 323 g/mol. The van der Waals surface area contributed by atoms with E-state index in [4.69, 9.17) is 34.8 Å². The summed E-state index contributed by atoms with van der Waals surface area (Å²) in [5.41, 5.74) is 1.22. The maximum atomic E-state index is 10.7. The van der Waals surface area contributed by atoms with Crippen LogP contribution in [0.25, 0.3) is 0 Å². The highest BCUT2D eigenvalue weighted by Gasteiger charge is 2.10. The molecule has 0 atom stereocenters. The van der Waals surface area contributed by atoms with Gasteiger partial charge in [-0.2, -0.15) is 0 Å². The number of anilines is 1. The van der Waals surface area contributed by atoms with Gasteiger partial charge in [0.05, 0.1) is 15.6 Å². The van der Waals surface area contributed by atoms with Gasteiger partial charge in [0, 0.05) is 28.7 Å². The standard InChI is InChI=1S/C13H9Cl3N2O2/c14-9-1-3-11(15)8(5-9)7-17-13-6-10(18(19)20)2-4-12(13)16/h1-6,17H,7H2. The fourth-order valence-corrected chi connectivity index (χ4v) is 2.19. The van der Waals surface area contributed by atoms with Crippen LogP contribution in [-0.2, 0) is 6.54 Å². The lowest BCUT2D eigenvalue weighted by Gasteiger charge is -2.10. The number of hydrogen-bond acceptors (Lipinski definition) is 3. The number of rotatable bonds is 4. The van der Waals surface area contributed by atoms with Crippen LogP contribution >= 0.6 is 34.8 Å². The number of hydrogen-bond donors (Lipinski definition) is 1. The quantitative estimate of drug-likeness (QED) is 0.621. The first-order chi connectivity index (χ1) is 9.47. The number of nitro groups is 1. The SMILES string of the molecule is O=[N+]([O-])c1ccc(Cl)c(NCc2cc(Cl)ccc2Cl)c1. The predicted molar refractivity (Wildman–Crippen MR) is 81.9 cm³/mol. The molecule has 2 aromatic rings. The zero-order chi connectivity index (χ0) is 14.7. The summed E-state index contributed by atoms with van der Waals surface area (Å²) in [7, 11) is 0. The van der Waals surface area contributed by atoms with E-state index in [2.05, 4.69) is 5.32 Å². The second kappa shape index (κ2) is 6.31. The van der Waals surface area contributed by atoms with E-state index in [1.807, 2.05) is 0 Å².